The Hall–Kier alpha value is -0.320. The molecule has 1 aliphatic carbocycles. The van der Waals surface area contributed by atoms with Crippen molar-refractivity contribution in [2.75, 3.05) is 0 Å². The van der Waals surface area contributed by atoms with Crippen LogP contribution in [-0.4, -0.2) is 15.2 Å². The first kappa shape index (κ1) is 13.7. The molecule has 0 saturated heterocycles. The minimum Gasteiger partial charge on any atom is -0.211 e. The van der Waals surface area contributed by atoms with Crippen LogP contribution in [0.4, 0.5) is 0 Å². The van der Waals surface area contributed by atoms with Crippen molar-refractivity contribution in [3.8, 4) is 0 Å². The van der Waals surface area contributed by atoms with E-state index in [-0.39, 0.29) is 0 Å². The zero-order valence-corrected chi connectivity index (χ0v) is 13.4. The van der Waals surface area contributed by atoms with Gasteiger partial charge in [-0.25, -0.2) is 9.97 Å². The van der Waals surface area contributed by atoms with Crippen LogP contribution in [0.15, 0.2) is 11.1 Å². The molecule has 5 heteroatoms. The summed E-state index contributed by atoms with van der Waals surface area (Å²) in [5.74, 6) is 0. The number of halogens is 1. The fourth-order valence-corrected chi connectivity index (χ4v) is 5.13. The summed E-state index contributed by atoms with van der Waals surface area (Å²) < 4.78 is 0. The van der Waals surface area contributed by atoms with Crippen molar-refractivity contribution in [3.05, 3.63) is 16.2 Å². The molecule has 2 heterocycles. The normalized spacial score (nSPS) is 17.2. The van der Waals surface area contributed by atoms with Crippen LogP contribution in [0.2, 0.25) is 5.28 Å². The van der Waals surface area contributed by atoms with Gasteiger partial charge in [-0.1, -0.05) is 26.2 Å². The maximum absolute atomic E-state index is 6.07. The van der Waals surface area contributed by atoms with Crippen LogP contribution in [0.3, 0.4) is 0 Å². The van der Waals surface area contributed by atoms with Crippen molar-refractivity contribution < 1.29 is 0 Å². The second-order valence-electron chi connectivity index (χ2n) is 4.96. The number of rotatable bonds is 3. The molecule has 0 radical (unpaired) electrons. The van der Waals surface area contributed by atoms with Crippen LogP contribution in [0.1, 0.15) is 43.9 Å². The molecule has 19 heavy (non-hydrogen) atoms. The molecular weight excluding hydrogens is 296 g/mol. The van der Waals surface area contributed by atoms with Gasteiger partial charge < -0.3 is 0 Å². The lowest BCUT2D eigenvalue weighted by atomic mass is 10.0. The van der Waals surface area contributed by atoms with Crippen LogP contribution < -0.4 is 0 Å². The zero-order valence-electron chi connectivity index (χ0n) is 11.0. The first-order valence-electron chi connectivity index (χ1n) is 6.89. The molecule has 2 aromatic heterocycles. The lowest BCUT2D eigenvalue weighted by molar-refractivity contribution is 0.516. The molecule has 2 nitrogen and oxygen atoms in total. The molecule has 0 bridgehead atoms. The summed E-state index contributed by atoms with van der Waals surface area (Å²) in [6.07, 6.45) is 7.74. The first-order valence-corrected chi connectivity index (χ1v) is 8.96. The molecule has 1 fully saturated rings. The SMILES string of the molecule is CCc1cc2c(SC3CCCCC3)nc(Cl)nc2s1. The summed E-state index contributed by atoms with van der Waals surface area (Å²) in [5, 5.41) is 3.36. The molecule has 102 valence electrons. The second kappa shape index (κ2) is 5.98. The number of aromatic nitrogens is 2. The molecule has 0 atom stereocenters. The van der Waals surface area contributed by atoms with Gasteiger partial charge in [-0.2, -0.15) is 0 Å². The second-order valence-corrected chi connectivity index (χ2v) is 7.70. The largest absolute Gasteiger partial charge is 0.224 e. The van der Waals surface area contributed by atoms with Crippen LogP contribution in [0.25, 0.3) is 10.2 Å². The molecule has 0 unspecified atom stereocenters. The average molecular weight is 313 g/mol. The molecule has 0 aliphatic heterocycles. The van der Waals surface area contributed by atoms with E-state index in [9.17, 15) is 0 Å². The minimum absolute atomic E-state index is 0.385. The highest BCUT2D eigenvalue weighted by atomic mass is 35.5. The highest BCUT2D eigenvalue weighted by Crippen LogP contribution is 2.38. The van der Waals surface area contributed by atoms with E-state index in [0.29, 0.717) is 10.5 Å². The lowest BCUT2D eigenvalue weighted by Gasteiger charge is -2.20. The van der Waals surface area contributed by atoms with Gasteiger partial charge in [-0.15, -0.1) is 23.1 Å². The van der Waals surface area contributed by atoms with Crippen molar-refractivity contribution in [3.63, 3.8) is 0 Å². The van der Waals surface area contributed by atoms with Gasteiger partial charge in [0, 0.05) is 15.5 Å². The lowest BCUT2D eigenvalue weighted by Crippen LogP contribution is -2.08. The van der Waals surface area contributed by atoms with Crippen molar-refractivity contribution in [2.24, 2.45) is 0 Å². The van der Waals surface area contributed by atoms with E-state index in [1.165, 1.54) is 42.4 Å². The summed E-state index contributed by atoms with van der Waals surface area (Å²) in [6.45, 7) is 2.17. The van der Waals surface area contributed by atoms with Gasteiger partial charge in [0.15, 0.2) is 0 Å². The van der Waals surface area contributed by atoms with Crippen molar-refractivity contribution >= 4 is 44.9 Å². The molecule has 0 N–H and O–H groups in total. The van der Waals surface area contributed by atoms with Gasteiger partial charge in [-0.3, -0.25) is 0 Å². The fourth-order valence-electron chi connectivity index (χ4n) is 2.53. The van der Waals surface area contributed by atoms with Crippen LogP contribution in [-0.2, 0) is 6.42 Å². The van der Waals surface area contributed by atoms with Gasteiger partial charge in [0.1, 0.15) is 9.86 Å². The predicted octanol–water partition coefficient (Wildman–Crippen LogP) is 5.33. The Kier molecular flexibility index (Phi) is 4.30. The minimum atomic E-state index is 0.385. The number of thiophene rings is 1. The van der Waals surface area contributed by atoms with Crippen molar-refractivity contribution in [1.29, 1.82) is 0 Å². The maximum Gasteiger partial charge on any atom is 0.224 e. The third kappa shape index (κ3) is 3.06. The fraction of sp³-hybridized carbons (Fsp3) is 0.571. The van der Waals surface area contributed by atoms with Gasteiger partial charge in [0.05, 0.1) is 0 Å². The number of nitrogens with zero attached hydrogens (tertiary/aromatic N) is 2. The van der Waals surface area contributed by atoms with Gasteiger partial charge in [-0.05, 0) is 36.9 Å². The average Bonchev–Trinajstić information content (AvgIpc) is 2.83. The number of aryl methyl sites for hydroxylation is 1. The number of hydrogen-bond donors (Lipinski definition) is 0. The van der Waals surface area contributed by atoms with E-state index < -0.39 is 0 Å². The van der Waals surface area contributed by atoms with E-state index in [1.54, 1.807) is 11.3 Å². The quantitative estimate of drug-likeness (QED) is 0.565. The van der Waals surface area contributed by atoms with E-state index in [4.69, 9.17) is 11.6 Å². The first-order chi connectivity index (χ1) is 9.26. The molecule has 0 aromatic carbocycles. The summed E-state index contributed by atoms with van der Waals surface area (Å²) >= 11 is 9.71. The van der Waals surface area contributed by atoms with Crippen molar-refractivity contribution in [2.45, 2.75) is 55.7 Å². The Labute approximate surface area is 127 Å². The summed E-state index contributed by atoms with van der Waals surface area (Å²) in [4.78, 5) is 11.2. The Balaban J connectivity index is 1.94. The van der Waals surface area contributed by atoms with E-state index in [0.717, 1.165) is 16.3 Å². The Bertz CT molecular complexity index is 576. The third-order valence-corrected chi connectivity index (χ3v) is 6.24. The molecule has 1 aliphatic rings. The molecule has 0 amide bonds. The van der Waals surface area contributed by atoms with Crippen LogP contribution >= 0.6 is 34.7 Å². The molecule has 3 rings (SSSR count). The Morgan fingerprint density at radius 3 is 2.84 bits per heavy atom. The van der Waals surface area contributed by atoms with E-state index in [1.807, 2.05) is 11.8 Å². The summed E-state index contributed by atoms with van der Waals surface area (Å²) in [5.41, 5.74) is 0. The predicted molar refractivity (Wildman–Crippen MR) is 84.5 cm³/mol. The smallest absolute Gasteiger partial charge is 0.211 e. The van der Waals surface area contributed by atoms with Gasteiger partial charge in [0.2, 0.25) is 5.28 Å². The Morgan fingerprint density at radius 2 is 2.11 bits per heavy atom. The summed E-state index contributed by atoms with van der Waals surface area (Å²) in [7, 11) is 0. The number of hydrogen-bond acceptors (Lipinski definition) is 4. The third-order valence-electron chi connectivity index (χ3n) is 3.56. The van der Waals surface area contributed by atoms with Crippen molar-refractivity contribution in [1.82, 2.24) is 9.97 Å². The molecule has 1 saturated carbocycles. The highest BCUT2D eigenvalue weighted by molar-refractivity contribution is 8.00. The van der Waals surface area contributed by atoms with Crippen LogP contribution in [0.5, 0.6) is 0 Å². The zero-order chi connectivity index (χ0) is 13.2. The topological polar surface area (TPSA) is 25.8 Å². The van der Waals surface area contributed by atoms with E-state index >= 15 is 0 Å². The van der Waals surface area contributed by atoms with Gasteiger partial charge in [0.25, 0.3) is 0 Å². The van der Waals surface area contributed by atoms with E-state index in [2.05, 4.69) is 23.0 Å². The molecule has 2 aromatic rings. The molecular formula is C14H17ClN2S2. The Morgan fingerprint density at radius 1 is 1.32 bits per heavy atom. The monoisotopic (exact) mass is 312 g/mol. The standard InChI is InChI=1S/C14H17ClN2S2/c1-2-9-8-11-12(18-9)16-14(15)17-13(11)19-10-6-4-3-5-7-10/h8,10H,2-7H2,1H3. The molecule has 0 spiro atoms. The maximum atomic E-state index is 6.07. The number of thioether (sulfide) groups is 1. The highest BCUT2D eigenvalue weighted by Gasteiger charge is 2.18. The van der Waals surface area contributed by atoms with Gasteiger partial charge >= 0.3 is 0 Å². The van der Waals surface area contributed by atoms with Crippen LogP contribution in [0, 0.1) is 0 Å². The summed E-state index contributed by atoms with van der Waals surface area (Å²) in [6, 6.07) is 2.24. The number of fused-ring (bicyclic) bond motifs is 1.